The number of Topliss-reactive ketones (excluding diaryl/α,β-unsaturated/α-hetero) is 1. The minimum absolute atomic E-state index is 0.320. The average Bonchev–Trinajstić information content (AvgIpc) is 2.96. The standard InChI is InChI=1S/C13H12F3NOS/c1-2-10-3-4-11(19-10)8-17-6-5-9(7-17)12(18)13(14,15)16/h3-7H,2,8H2,1H3. The second-order valence-corrected chi connectivity index (χ2v) is 5.37. The number of alkyl halides is 3. The Kier molecular flexibility index (Phi) is 3.80. The lowest BCUT2D eigenvalue weighted by Gasteiger charge is -2.02. The van der Waals surface area contributed by atoms with Gasteiger partial charge in [0.25, 0.3) is 5.78 Å². The first-order chi connectivity index (χ1) is 8.90. The molecular formula is C13H12F3NOS. The number of carbonyl (C=O) groups excluding carboxylic acids is 1. The van der Waals surface area contributed by atoms with Crippen molar-refractivity contribution in [2.45, 2.75) is 26.1 Å². The number of aromatic nitrogens is 1. The lowest BCUT2D eigenvalue weighted by atomic mass is 10.2. The number of nitrogens with zero attached hydrogens (tertiary/aromatic N) is 1. The average molecular weight is 287 g/mol. The van der Waals surface area contributed by atoms with E-state index in [1.54, 1.807) is 15.9 Å². The molecule has 2 heterocycles. The molecule has 2 nitrogen and oxygen atoms in total. The van der Waals surface area contributed by atoms with Crippen LogP contribution in [0.3, 0.4) is 0 Å². The predicted molar refractivity (Wildman–Crippen MR) is 67.6 cm³/mol. The van der Waals surface area contributed by atoms with Crippen LogP contribution in [0.25, 0.3) is 0 Å². The molecule has 0 aromatic carbocycles. The van der Waals surface area contributed by atoms with Gasteiger partial charge in [-0.1, -0.05) is 6.92 Å². The van der Waals surface area contributed by atoms with Crippen LogP contribution in [0.5, 0.6) is 0 Å². The van der Waals surface area contributed by atoms with Gasteiger partial charge in [-0.2, -0.15) is 13.2 Å². The van der Waals surface area contributed by atoms with Crippen molar-refractivity contribution in [2.75, 3.05) is 0 Å². The molecule has 102 valence electrons. The smallest absolute Gasteiger partial charge is 0.348 e. The van der Waals surface area contributed by atoms with Crippen molar-refractivity contribution in [1.82, 2.24) is 4.57 Å². The van der Waals surface area contributed by atoms with E-state index in [0.29, 0.717) is 6.54 Å². The van der Waals surface area contributed by atoms with E-state index in [0.717, 1.165) is 11.3 Å². The van der Waals surface area contributed by atoms with Gasteiger partial charge in [0, 0.05) is 27.7 Å². The van der Waals surface area contributed by atoms with Crippen molar-refractivity contribution < 1.29 is 18.0 Å². The van der Waals surface area contributed by atoms with Crippen molar-refractivity contribution in [3.63, 3.8) is 0 Å². The molecule has 0 aliphatic carbocycles. The minimum Gasteiger partial charge on any atom is -0.348 e. The first kappa shape index (κ1) is 13.9. The highest BCUT2D eigenvalue weighted by molar-refractivity contribution is 7.11. The number of carbonyl (C=O) groups is 1. The van der Waals surface area contributed by atoms with Crippen LogP contribution in [0.2, 0.25) is 0 Å². The van der Waals surface area contributed by atoms with Gasteiger partial charge in [0.05, 0.1) is 6.54 Å². The summed E-state index contributed by atoms with van der Waals surface area (Å²) in [5.74, 6) is -1.80. The van der Waals surface area contributed by atoms with E-state index in [1.165, 1.54) is 23.3 Å². The van der Waals surface area contributed by atoms with E-state index in [1.807, 2.05) is 19.1 Å². The molecule has 0 aliphatic heterocycles. The molecule has 0 radical (unpaired) electrons. The fourth-order valence-electron chi connectivity index (χ4n) is 1.71. The Morgan fingerprint density at radius 2 is 1.95 bits per heavy atom. The molecule has 2 aromatic heterocycles. The normalized spacial score (nSPS) is 11.8. The van der Waals surface area contributed by atoms with Gasteiger partial charge < -0.3 is 4.57 Å². The van der Waals surface area contributed by atoms with Crippen molar-refractivity contribution in [3.05, 3.63) is 45.9 Å². The molecular weight excluding hydrogens is 275 g/mol. The summed E-state index contributed by atoms with van der Waals surface area (Å²) in [6.45, 7) is 2.53. The summed E-state index contributed by atoms with van der Waals surface area (Å²) in [5.41, 5.74) is -0.320. The fourth-order valence-corrected chi connectivity index (χ4v) is 2.68. The summed E-state index contributed by atoms with van der Waals surface area (Å²) in [5, 5.41) is 0. The van der Waals surface area contributed by atoms with Crippen LogP contribution in [0, 0.1) is 0 Å². The van der Waals surface area contributed by atoms with Crippen LogP contribution >= 0.6 is 11.3 Å². The third-order valence-corrected chi connectivity index (χ3v) is 3.89. The van der Waals surface area contributed by atoms with E-state index < -0.39 is 12.0 Å². The summed E-state index contributed by atoms with van der Waals surface area (Å²) < 4.78 is 38.4. The number of halogens is 3. The van der Waals surface area contributed by atoms with Crippen molar-refractivity contribution in [3.8, 4) is 0 Å². The zero-order chi connectivity index (χ0) is 14.0. The third kappa shape index (κ3) is 3.26. The molecule has 0 fully saturated rings. The Bertz CT molecular complexity index is 583. The van der Waals surface area contributed by atoms with Gasteiger partial charge in [-0.3, -0.25) is 4.79 Å². The minimum atomic E-state index is -4.81. The zero-order valence-corrected chi connectivity index (χ0v) is 11.0. The van der Waals surface area contributed by atoms with E-state index in [-0.39, 0.29) is 5.56 Å². The second kappa shape index (κ2) is 5.21. The topological polar surface area (TPSA) is 22.0 Å². The highest BCUT2D eigenvalue weighted by Crippen LogP contribution is 2.23. The number of rotatable bonds is 4. The van der Waals surface area contributed by atoms with Gasteiger partial charge in [-0.25, -0.2) is 0 Å². The summed E-state index contributed by atoms with van der Waals surface area (Å²) in [6, 6.07) is 5.16. The SMILES string of the molecule is CCc1ccc(Cn2ccc(C(=O)C(F)(F)F)c2)s1. The molecule has 0 unspecified atom stereocenters. The molecule has 0 N–H and O–H groups in total. The van der Waals surface area contributed by atoms with Crippen LogP contribution in [0.4, 0.5) is 13.2 Å². The van der Waals surface area contributed by atoms with Crippen LogP contribution in [-0.4, -0.2) is 16.5 Å². The fraction of sp³-hybridized carbons (Fsp3) is 0.308. The number of hydrogen-bond acceptors (Lipinski definition) is 2. The van der Waals surface area contributed by atoms with Crippen molar-refractivity contribution in [1.29, 1.82) is 0 Å². The Morgan fingerprint density at radius 3 is 2.53 bits per heavy atom. The highest BCUT2D eigenvalue weighted by Gasteiger charge is 2.39. The summed E-state index contributed by atoms with van der Waals surface area (Å²) in [6.07, 6.45) is -1.15. The van der Waals surface area contributed by atoms with Gasteiger partial charge in [0.2, 0.25) is 0 Å². The van der Waals surface area contributed by atoms with Crippen molar-refractivity contribution in [2.24, 2.45) is 0 Å². The first-order valence-electron chi connectivity index (χ1n) is 5.75. The van der Waals surface area contributed by atoms with E-state index in [9.17, 15) is 18.0 Å². The predicted octanol–water partition coefficient (Wildman–Crippen LogP) is 3.91. The first-order valence-corrected chi connectivity index (χ1v) is 6.56. The second-order valence-electron chi connectivity index (χ2n) is 4.12. The molecule has 0 saturated heterocycles. The van der Waals surface area contributed by atoms with E-state index in [2.05, 4.69) is 0 Å². The number of aryl methyl sites for hydroxylation is 1. The highest BCUT2D eigenvalue weighted by atomic mass is 32.1. The maximum atomic E-state index is 12.3. The van der Waals surface area contributed by atoms with Crippen LogP contribution in [-0.2, 0) is 13.0 Å². The molecule has 2 aromatic rings. The zero-order valence-electron chi connectivity index (χ0n) is 10.2. The molecule has 0 saturated carbocycles. The van der Waals surface area contributed by atoms with Crippen LogP contribution in [0.15, 0.2) is 30.6 Å². The summed E-state index contributed by atoms with van der Waals surface area (Å²) in [4.78, 5) is 13.3. The third-order valence-electron chi connectivity index (χ3n) is 2.67. The van der Waals surface area contributed by atoms with Crippen molar-refractivity contribution >= 4 is 17.1 Å². The molecule has 0 spiro atoms. The van der Waals surface area contributed by atoms with E-state index in [4.69, 9.17) is 0 Å². The lowest BCUT2D eigenvalue weighted by Crippen LogP contribution is -2.22. The van der Waals surface area contributed by atoms with E-state index >= 15 is 0 Å². The van der Waals surface area contributed by atoms with Gasteiger partial charge in [0.15, 0.2) is 0 Å². The molecule has 19 heavy (non-hydrogen) atoms. The maximum absolute atomic E-state index is 12.3. The van der Waals surface area contributed by atoms with Crippen LogP contribution in [0.1, 0.15) is 27.0 Å². The molecule has 0 amide bonds. The van der Waals surface area contributed by atoms with Gasteiger partial charge >= 0.3 is 6.18 Å². The number of ketones is 1. The lowest BCUT2D eigenvalue weighted by molar-refractivity contribution is -0.0885. The largest absolute Gasteiger partial charge is 0.454 e. The summed E-state index contributed by atoms with van der Waals surface area (Å²) in [7, 11) is 0. The van der Waals surface area contributed by atoms with Gasteiger partial charge in [-0.15, -0.1) is 11.3 Å². The Labute approximate surface area is 112 Å². The molecule has 0 bridgehead atoms. The Hall–Kier alpha value is -1.56. The monoisotopic (exact) mass is 287 g/mol. The van der Waals surface area contributed by atoms with Gasteiger partial charge in [0.1, 0.15) is 0 Å². The maximum Gasteiger partial charge on any atom is 0.454 e. The Balaban J connectivity index is 2.11. The quantitative estimate of drug-likeness (QED) is 0.782. The molecule has 2 rings (SSSR count). The molecule has 0 aliphatic rings. The molecule has 0 atom stereocenters. The molecule has 6 heteroatoms. The number of thiophene rings is 1. The number of hydrogen-bond donors (Lipinski definition) is 0. The van der Waals surface area contributed by atoms with Crippen LogP contribution < -0.4 is 0 Å². The Morgan fingerprint density at radius 1 is 1.26 bits per heavy atom. The summed E-state index contributed by atoms with van der Waals surface area (Å²) >= 11 is 1.62. The van der Waals surface area contributed by atoms with Gasteiger partial charge in [-0.05, 0) is 24.6 Å².